The number of morpholine rings is 1. The van der Waals surface area contributed by atoms with Crippen LogP contribution in [0.3, 0.4) is 0 Å². The molecule has 0 aliphatic carbocycles. The van der Waals surface area contributed by atoms with E-state index < -0.39 is 0 Å². The summed E-state index contributed by atoms with van der Waals surface area (Å²) in [5.74, 6) is 3.15. The van der Waals surface area contributed by atoms with Crippen molar-refractivity contribution in [1.29, 1.82) is 0 Å². The maximum Gasteiger partial charge on any atom is 0.231 e. The van der Waals surface area contributed by atoms with Gasteiger partial charge in [-0.3, -0.25) is 0 Å². The summed E-state index contributed by atoms with van der Waals surface area (Å²) in [6.45, 7) is 3.94. The van der Waals surface area contributed by atoms with Crippen molar-refractivity contribution < 1.29 is 14.2 Å². The Balaban J connectivity index is 1.44. The van der Waals surface area contributed by atoms with Crippen LogP contribution in [0.4, 0.5) is 11.8 Å². The van der Waals surface area contributed by atoms with Gasteiger partial charge in [0.2, 0.25) is 12.7 Å². The zero-order chi connectivity index (χ0) is 18.1. The van der Waals surface area contributed by atoms with Crippen LogP contribution in [0.5, 0.6) is 11.5 Å². The van der Waals surface area contributed by atoms with E-state index in [1.807, 2.05) is 42.5 Å². The summed E-state index contributed by atoms with van der Waals surface area (Å²) in [4.78, 5) is 11.7. The van der Waals surface area contributed by atoms with Gasteiger partial charge in [-0.2, -0.15) is 4.98 Å². The number of para-hydroxylation sites is 1. The van der Waals surface area contributed by atoms with Gasteiger partial charge >= 0.3 is 0 Å². The highest BCUT2D eigenvalue weighted by Gasteiger charge is 2.17. The molecule has 1 saturated heterocycles. The van der Waals surface area contributed by atoms with Crippen LogP contribution in [-0.2, 0) is 11.3 Å². The quantitative estimate of drug-likeness (QED) is 0.763. The van der Waals surface area contributed by atoms with Gasteiger partial charge in [-0.15, -0.1) is 0 Å². The third-order valence-electron chi connectivity index (χ3n) is 4.78. The minimum atomic E-state index is 0.283. The van der Waals surface area contributed by atoms with Gasteiger partial charge in [-0.1, -0.05) is 18.2 Å². The summed E-state index contributed by atoms with van der Waals surface area (Å²) < 4.78 is 16.3. The molecule has 0 unspecified atom stereocenters. The zero-order valence-corrected chi connectivity index (χ0v) is 14.9. The van der Waals surface area contributed by atoms with Crippen molar-refractivity contribution in [1.82, 2.24) is 9.97 Å². The normalized spacial score (nSPS) is 15.9. The predicted molar refractivity (Wildman–Crippen MR) is 102 cm³/mol. The van der Waals surface area contributed by atoms with Gasteiger partial charge in [0, 0.05) is 25.0 Å². The van der Waals surface area contributed by atoms with Crippen LogP contribution in [0, 0.1) is 0 Å². The van der Waals surface area contributed by atoms with E-state index in [-0.39, 0.29) is 6.79 Å². The molecular weight excluding hydrogens is 344 g/mol. The van der Waals surface area contributed by atoms with Crippen molar-refractivity contribution in [3.63, 3.8) is 0 Å². The van der Waals surface area contributed by atoms with Crippen LogP contribution >= 0.6 is 0 Å². The van der Waals surface area contributed by atoms with E-state index in [0.717, 1.165) is 52.8 Å². The fraction of sp³-hybridized carbons (Fsp3) is 0.300. The standard InChI is InChI=1S/C20H20N4O3/c1-2-4-16-15(3-1)19(23-20(22-16)24-7-9-25-10-8-24)21-12-14-5-6-17-18(11-14)27-13-26-17/h1-6,11H,7-10,12-13H2,(H,21,22,23). The number of rotatable bonds is 4. The second-order valence-electron chi connectivity index (χ2n) is 6.53. The number of nitrogens with one attached hydrogen (secondary N) is 1. The lowest BCUT2D eigenvalue weighted by molar-refractivity contribution is 0.122. The minimum Gasteiger partial charge on any atom is -0.454 e. The molecule has 3 heterocycles. The number of anilines is 2. The van der Waals surface area contributed by atoms with Gasteiger partial charge in [-0.25, -0.2) is 4.98 Å². The molecule has 0 amide bonds. The van der Waals surface area contributed by atoms with Gasteiger partial charge in [0.15, 0.2) is 11.5 Å². The number of nitrogens with zero attached hydrogens (tertiary/aromatic N) is 3. The summed E-state index contributed by atoms with van der Waals surface area (Å²) in [5, 5.41) is 4.48. The van der Waals surface area contributed by atoms with Gasteiger partial charge in [0.05, 0.1) is 18.7 Å². The van der Waals surface area contributed by atoms with Crippen LogP contribution in [-0.4, -0.2) is 43.1 Å². The Bertz CT molecular complexity index is 973. The van der Waals surface area contributed by atoms with E-state index in [1.165, 1.54) is 0 Å². The first-order valence-corrected chi connectivity index (χ1v) is 9.09. The van der Waals surface area contributed by atoms with Crippen molar-refractivity contribution in [2.24, 2.45) is 0 Å². The van der Waals surface area contributed by atoms with Crippen molar-refractivity contribution in [2.75, 3.05) is 43.3 Å². The van der Waals surface area contributed by atoms with Crippen molar-refractivity contribution in [2.45, 2.75) is 6.54 Å². The number of benzene rings is 2. The molecule has 0 saturated carbocycles. The molecule has 1 fully saturated rings. The van der Waals surface area contributed by atoms with Crippen molar-refractivity contribution >= 4 is 22.7 Å². The van der Waals surface area contributed by atoms with E-state index in [4.69, 9.17) is 24.2 Å². The molecular formula is C20H20N4O3. The Kier molecular flexibility index (Phi) is 4.14. The maximum absolute atomic E-state index is 5.47. The molecule has 7 nitrogen and oxygen atoms in total. The Morgan fingerprint density at radius 3 is 2.74 bits per heavy atom. The molecule has 2 aliphatic heterocycles. The molecule has 138 valence electrons. The Hall–Kier alpha value is -3.06. The molecule has 5 rings (SSSR count). The van der Waals surface area contributed by atoms with Crippen LogP contribution in [0.1, 0.15) is 5.56 Å². The van der Waals surface area contributed by atoms with Crippen LogP contribution in [0.15, 0.2) is 42.5 Å². The maximum atomic E-state index is 5.47. The smallest absolute Gasteiger partial charge is 0.231 e. The number of ether oxygens (including phenoxy) is 3. The lowest BCUT2D eigenvalue weighted by Gasteiger charge is -2.27. The summed E-state index contributed by atoms with van der Waals surface area (Å²) >= 11 is 0. The van der Waals surface area contributed by atoms with E-state index in [0.29, 0.717) is 19.8 Å². The second kappa shape index (κ2) is 6.92. The molecule has 1 aromatic heterocycles. The molecule has 0 spiro atoms. The SMILES string of the molecule is c1ccc2c(NCc3ccc4c(c3)OCO4)nc(N3CCOCC3)nc2c1. The monoisotopic (exact) mass is 364 g/mol. The lowest BCUT2D eigenvalue weighted by Crippen LogP contribution is -2.37. The topological polar surface area (TPSA) is 68.7 Å². The molecule has 2 aromatic carbocycles. The molecule has 3 aromatic rings. The number of fused-ring (bicyclic) bond motifs is 2. The Labute approximate surface area is 156 Å². The fourth-order valence-corrected chi connectivity index (χ4v) is 3.34. The van der Waals surface area contributed by atoms with E-state index >= 15 is 0 Å². The first kappa shape index (κ1) is 16.1. The first-order valence-electron chi connectivity index (χ1n) is 9.09. The van der Waals surface area contributed by atoms with Gasteiger partial charge in [0.1, 0.15) is 5.82 Å². The second-order valence-corrected chi connectivity index (χ2v) is 6.53. The number of aromatic nitrogens is 2. The summed E-state index contributed by atoms with van der Waals surface area (Å²) in [5.41, 5.74) is 2.04. The van der Waals surface area contributed by atoms with Crippen LogP contribution in [0.2, 0.25) is 0 Å². The number of hydrogen-bond acceptors (Lipinski definition) is 7. The van der Waals surface area contributed by atoms with Crippen LogP contribution in [0.25, 0.3) is 10.9 Å². The highest BCUT2D eigenvalue weighted by molar-refractivity contribution is 5.90. The van der Waals surface area contributed by atoms with Crippen molar-refractivity contribution in [3.8, 4) is 11.5 Å². The molecule has 0 bridgehead atoms. The summed E-state index contributed by atoms with van der Waals surface area (Å²) in [6, 6.07) is 14.0. The van der Waals surface area contributed by atoms with Gasteiger partial charge < -0.3 is 24.4 Å². The molecule has 7 heteroatoms. The van der Waals surface area contributed by atoms with Gasteiger partial charge in [-0.05, 0) is 29.8 Å². The minimum absolute atomic E-state index is 0.283. The van der Waals surface area contributed by atoms with Crippen molar-refractivity contribution in [3.05, 3.63) is 48.0 Å². The largest absolute Gasteiger partial charge is 0.454 e. The molecule has 0 radical (unpaired) electrons. The Morgan fingerprint density at radius 1 is 0.963 bits per heavy atom. The third-order valence-corrected chi connectivity index (χ3v) is 4.78. The average molecular weight is 364 g/mol. The molecule has 2 aliphatic rings. The highest BCUT2D eigenvalue weighted by atomic mass is 16.7. The van der Waals surface area contributed by atoms with E-state index in [9.17, 15) is 0 Å². The number of hydrogen-bond donors (Lipinski definition) is 1. The fourth-order valence-electron chi connectivity index (χ4n) is 3.34. The average Bonchev–Trinajstić information content (AvgIpc) is 3.20. The van der Waals surface area contributed by atoms with E-state index in [2.05, 4.69) is 10.2 Å². The Morgan fingerprint density at radius 2 is 1.81 bits per heavy atom. The predicted octanol–water partition coefficient (Wildman–Crippen LogP) is 2.81. The van der Waals surface area contributed by atoms with E-state index in [1.54, 1.807) is 0 Å². The zero-order valence-electron chi connectivity index (χ0n) is 14.9. The van der Waals surface area contributed by atoms with Crippen LogP contribution < -0.4 is 19.7 Å². The molecule has 27 heavy (non-hydrogen) atoms. The molecule has 1 N–H and O–H groups in total. The summed E-state index contributed by atoms with van der Waals surface area (Å²) in [6.07, 6.45) is 0. The summed E-state index contributed by atoms with van der Waals surface area (Å²) in [7, 11) is 0. The lowest BCUT2D eigenvalue weighted by atomic mass is 10.2. The third kappa shape index (κ3) is 3.21. The highest BCUT2D eigenvalue weighted by Crippen LogP contribution is 2.33. The van der Waals surface area contributed by atoms with Gasteiger partial charge in [0.25, 0.3) is 0 Å². The molecule has 0 atom stereocenters. The first-order chi connectivity index (χ1) is 13.4.